The van der Waals surface area contributed by atoms with E-state index >= 15 is 0 Å². The fourth-order valence-electron chi connectivity index (χ4n) is 3.47. The Morgan fingerprint density at radius 2 is 1.68 bits per heavy atom. The summed E-state index contributed by atoms with van der Waals surface area (Å²) in [6, 6.07) is 16.8. The monoisotopic (exact) mass is 460 g/mol. The largest absolute Gasteiger partial charge is 0.505 e. The number of carboxylic acid groups (broad SMARTS) is 1. The average molecular weight is 460 g/mol. The maximum absolute atomic E-state index is 12.9. The van der Waals surface area contributed by atoms with Crippen LogP contribution in [0.25, 0.3) is 16.8 Å². The van der Waals surface area contributed by atoms with Gasteiger partial charge in [-0.1, -0.05) is 30.3 Å². The number of aromatic amines is 1. The fourth-order valence-corrected chi connectivity index (χ4v) is 3.47. The Bertz CT molecular complexity index is 1470. The Labute approximate surface area is 195 Å². The summed E-state index contributed by atoms with van der Waals surface area (Å²) in [6.07, 6.45) is 0. The van der Waals surface area contributed by atoms with Crippen LogP contribution >= 0.6 is 0 Å². The van der Waals surface area contributed by atoms with Gasteiger partial charge in [-0.05, 0) is 67.8 Å². The normalized spacial score (nSPS) is 10.9. The lowest BCUT2D eigenvalue weighted by Crippen LogP contribution is -2.14. The number of azo groups is 1. The third kappa shape index (κ3) is 4.50. The third-order valence-electron chi connectivity index (χ3n) is 5.48. The smallest absolute Gasteiger partial charge is 0.335 e. The molecule has 3 aromatic carbocycles. The molecule has 1 aromatic heterocycles. The molecule has 0 saturated carbocycles. The van der Waals surface area contributed by atoms with Crippen LogP contribution in [-0.2, 0) is 0 Å². The molecule has 4 aromatic rings. The molecule has 0 saturated heterocycles. The molecule has 9 heteroatoms. The molecule has 4 rings (SSSR count). The lowest BCUT2D eigenvalue weighted by molar-refractivity contribution is 0.0697. The molecule has 174 valence electrons. The molecule has 0 aliphatic heterocycles. The van der Waals surface area contributed by atoms with E-state index in [4.69, 9.17) is 0 Å². The lowest BCUT2D eigenvalue weighted by atomic mass is 10.0. The Balaban J connectivity index is 0.00000324. The molecule has 1 heterocycles. The summed E-state index contributed by atoms with van der Waals surface area (Å²) in [5, 5.41) is 31.2. The number of phenolic OH excluding ortho intramolecular Hbond substituents is 1. The van der Waals surface area contributed by atoms with Crippen LogP contribution in [0, 0.1) is 20.8 Å². The van der Waals surface area contributed by atoms with Crippen molar-refractivity contribution >= 4 is 17.3 Å². The van der Waals surface area contributed by atoms with E-state index in [0.29, 0.717) is 22.5 Å². The summed E-state index contributed by atoms with van der Waals surface area (Å²) >= 11 is 0. The topological polar surface area (TPSA) is 152 Å². The standard InChI is InChI=1S/C25H22N4O4.H2O/c1-14-10-11-19(12-15(14)2)29-24(31)22(16(3)28-29)27-26-21-9-5-8-20(23(21)30)17-6-4-7-18(13-17)25(32)33;/h4-13,28,30H,1-3H3,(H,32,33);1H2. The molecule has 0 amide bonds. The van der Waals surface area contributed by atoms with Gasteiger partial charge in [-0.2, -0.15) is 0 Å². The molecule has 0 aliphatic rings. The number of carboxylic acids is 1. The summed E-state index contributed by atoms with van der Waals surface area (Å²) in [6.45, 7) is 5.70. The Kier molecular flexibility index (Phi) is 6.78. The maximum atomic E-state index is 12.9. The van der Waals surface area contributed by atoms with Gasteiger partial charge in [0.1, 0.15) is 5.69 Å². The van der Waals surface area contributed by atoms with E-state index in [9.17, 15) is 19.8 Å². The van der Waals surface area contributed by atoms with Crippen LogP contribution in [0.5, 0.6) is 5.75 Å². The number of aromatic nitrogens is 2. The summed E-state index contributed by atoms with van der Waals surface area (Å²) in [4.78, 5) is 24.2. The van der Waals surface area contributed by atoms with E-state index in [0.717, 1.165) is 11.1 Å². The van der Waals surface area contributed by atoms with Crippen molar-refractivity contribution in [2.24, 2.45) is 10.2 Å². The first kappa shape index (κ1) is 24.1. The van der Waals surface area contributed by atoms with Gasteiger partial charge in [0.05, 0.1) is 16.9 Å². The van der Waals surface area contributed by atoms with Crippen molar-refractivity contribution in [2.45, 2.75) is 20.8 Å². The number of hydrogen-bond donors (Lipinski definition) is 3. The second kappa shape index (κ2) is 9.55. The lowest BCUT2D eigenvalue weighted by Gasteiger charge is -2.07. The van der Waals surface area contributed by atoms with Gasteiger partial charge in [-0.15, -0.1) is 10.2 Å². The van der Waals surface area contributed by atoms with Crippen LogP contribution in [0.3, 0.4) is 0 Å². The SMILES string of the molecule is Cc1ccc(-n2[nH]c(C)c(N=Nc3cccc(-c4cccc(C(=O)O)c4)c3O)c2=O)cc1C.O. The van der Waals surface area contributed by atoms with Crippen molar-refractivity contribution in [3.8, 4) is 22.6 Å². The zero-order valence-electron chi connectivity index (χ0n) is 18.8. The predicted octanol–water partition coefficient (Wildman–Crippen LogP) is 4.75. The Hall–Kier alpha value is -4.50. The summed E-state index contributed by atoms with van der Waals surface area (Å²) < 4.78 is 1.41. The molecule has 0 bridgehead atoms. The third-order valence-corrected chi connectivity index (χ3v) is 5.48. The minimum absolute atomic E-state index is 0. The van der Waals surface area contributed by atoms with Gasteiger partial charge in [0.25, 0.3) is 5.56 Å². The van der Waals surface area contributed by atoms with Crippen molar-refractivity contribution in [1.29, 1.82) is 0 Å². The van der Waals surface area contributed by atoms with Gasteiger partial charge in [0, 0.05) is 5.56 Å². The van der Waals surface area contributed by atoms with Crippen LogP contribution in [0.2, 0.25) is 0 Å². The van der Waals surface area contributed by atoms with Gasteiger partial charge in [-0.3, -0.25) is 9.89 Å². The first-order valence-corrected chi connectivity index (χ1v) is 10.2. The molecule has 0 atom stereocenters. The van der Waals surface area contributed by atoms with Crippen molar-refractivity contribution in [2.75, 3.05) is 0 Å². The zero-order valence-corrected chi connectivity index (χ0v) is 18.8. The molecular weight excluding hydrogens is 436 g/mol. The molecule has 0 fully saturated rings. The van der Waals surface area contributed by atoms with Crippen LogP contribution in [0.1, 0.15) is 27.2 Å². The fraction of sp³-hybridized carbons (Fsp3) is 0.120. The Morgan fingerprint density at radius 3 is 2.38 bits per heavy atom. The molecular formula is C25H24N4O5. The van der Waals surface area contributed by atoms with Crippen LogP contribution in [-0.4, -0.2) is 31.4 Å². The molecule has 0 unspecified atom stereocenters. The number of aromatic carboxylic acids is 1. The number of nitrogens with zero attached hydrogens (tertiary/aromatic N) is 3. The number of rotatable bonds is 5. The number of carbonyl (C=O) groups is 1. The maximum Gasteiger partial charge on any atom is 0.335 e. The summed E-state index contributed by atoms with van der Waals surface area (Å²) in [5.74, 6) is -1.22. The second-order valence-electron chi connectivity index (χ2n) is 7.75. The van der Waals surface area contributed by atoms with Crippen LogP contribution in [0.4, 0.5) is 11.4 Å². The van der Waals surface area contributed by atoms with Crippen molar-refractivity contribution in [3.05, 3.63) is 93.4 Å². The van der Waals surface area contributed by atoms with Crippen molar-refractivity contribution in [3.63, 3.8) is 0 Å². The van der Waals surface area contributed by atoms with Crippen LogP contribution in [0.15, 0.2) is 75.7 Å². The summed E-state index contributed by atoms with van der Waals surface area (Å²) in [7, 11) is 0. The number of benzene rings is 3. The van der Waals surface area contributed by atoms with Crippen LogP contribution < -0.4 is 5.56 Å². The van der Waals surface area contributed by atoms with Crippen molar-refractivity contribution in [1.82, 2.24) is 9.78 Å². The van der Waals surface area contributed by atoms with E-state index < -0.39 is 5.97 Å². The van der Waals surface area contributed by atoms with E-state index in [1.54, 1.807) is 37.3 Å². The van der Waals surface area contributed by atoms with Gasteiger partial charge in [0.15, 0.2) is 11.4 Å². The van der Waals surface area contributed by atoms with Gasteiger partial charge < -0.3 is 15.7 Å². The van der Waals surface area contributed by atoms with E-state index in [2.05, 4.69) is 15.3 Å². The second-order valence-corrected chi connectivity index (χ2v) is 7.75. The summed E-state index contributed by atoms with van der Waals surface area (Å²) in [5.41, 5.74) is 4.38. The molecule has 0 aliphatic carbocycles. The highest BCUT2D eigenvalue weighted by Gasteiger charge is 2.14. The van der Waals surface area contributed by atoms with E-state index in [1.807, 2.05) is 32.0 Å². The number of hydrogen-bond acceptors (Lipinski definition) is 5. The molecule has 9 nitrogen and oxygen atoms in total. The van der Waals surface area contributed by atoms with E-state index in [1.165, 1.54) is 16.8 Å². The molecule has 34 heavy (non-hydrogen) atoms. The number of aromatic hydroxyl groups is 1. The molecule has 5 N–H and O–H groups in total. The van der Waals surface area contributed by atoms with E-state index in [-0.39, 0.29) is 33.7 Å². The number of aryl methyl sites for hydroxylation is 3. The van der Waals surface area contributed by atoms with Crippen molar-refractivity contribution < 1.29 is 20.5 Å². The first-order valence-electron chi connectivity index (χ1n) is 10.2. The Morgan fingerprint density at radius 1 is 0.941 bits per heavy atom. The van der Waals surface area contributed by atoms with Gasteiger partial charge in [0.2, 0.25) is 0 Å². The first-order chi connectivity index (χ1) is 15.8. The minimum Gasteiger partial charge on any atom is -0.505 e. The number of para-hydroxylation sites is 1. The average Bonchev–Trinajstić information content (AvgIpc) is 3.08. The quantitative estimate of drug-likeness (QED) is 0.368. The number of nitrogens with one attached hydrogen (secondary N) is 1. The highest BCUT2D eigenvalue weighted by molar-refractivity contribution is 5.90. The number of phenols is 1. The minimum atomic E-state index is -1.06. The zero-order chi connectivity index (χ0) is 23.7. The molecule has 0 radical (unpaired) electrons. The highest BCUT2D eigenvalue weighted by atomic mass is 16.4. The molecule has 0 spiro atoms. The highest BCUT2D eigenvalue weighted by Crippen LogP contribution is 2.38. The van der Waals surface area contributed by atoms with Gasteiger partial charge >= 0.3 is 5.97 Å². The van der Waals surface area contributed by atoms with Gasteiger partial charge in [-0.25, -0.2) is 9.48 Å². The predicted molar refractivity (Wildman–Crippen MR) is 129 cm³/mol. The number of H-pyrrole nitrogens is 1.